The lowest BCUT2D eigenvalue weighted by molar-refractivity contribution is 0.312. The molecule has 0 fully saturated rings. The quantitative estimate of drug-likeness (QED) is 0.554. The number of methoxy groups -OCH3 is 1. The van der Waals surface area contributed by atoms with Crippen molar-refractivity contribution in [3.63, 3.8) is 0 Å². The number of unbranched alkanes of at least 4 members (excludes halogenated alkanes) is 1. The van der Waals surface area contributed by atoms with E-state index < -0.39 is 10.1 Å². The number of rotatable bonds is 7. The Balaban J connectivity index is 2.26. The van der Waals surface area contributed by atoms with Gasteiger partial charge in [-0.2, -0.15) is 8.42 Å². The molecule has 0 unspecified atom stereocenters. The second kappa shape index (κ2) is 6.61. The van der Waals surface area contributed by atoms with E-state index >= 15 is 0 Å². The van der Waals surface area contributed by atoms with Gasteiger partial charge in [0.15, 0.2) is 0 Å². The lowest BCUT2D eigenvalue weighted by Crippen LogP contribution is -2.04. The largest absolute Gasteiger partial charge is 0.497 e. The Morgan fingerprint density at radius 1 is 1.24 bits per heavy atom. The first kappa shape index (κ1) is 14.0. The summed E-state index contributed by atoms with van der Waals surface area (Å²) in [6, 6.07) is 7.86. The highest BCUT2D eigenvalue weighted by Gasteiger charge is 2.01. The first-order chi connectivity index (χ1) is 8.01. The predicted octanol–water partition coefficient (Wildman–Crippen LogP) is 1.99. The molecule has 17 heavy (non-hydrogen) atoms. The summed E-state index contributed by atoms with van der Waals surface area (Å²) in [5.41, 5.74) is 1.18. The lowest BCUT2D eigenvalue weighted by atomic mass is 10.1. The summed E-state index contributed by atoms with van der Waals surface area (Å²) in [6.45, 7) is 0.253. The summed E-state index contributed by atoms with van der Waals surface area (Å²) in [7, 11) is -1.66. The van der Waals surface area contributed by atoms with Gasteiger partial charge in [-0.05, 0) is 37.0 Å². The molecule has 5 heteroatoms. The summed E-state index contributed by atoms with van der Waals surface area (Å²) in [4.78, 5) is 0. The average molecular weight is 258 g/mol. The summed E-state index contributed by atoms with van der Waals surface area (Å²) in [5, 5.41) is 0. The Kier molecular flexibility index (Phi) is 5.44. The van der Waals surface area contributed by atoms with E-state index in [0.717, 1.165) is 31.3 Å². The number of ether oxygens (including phenoxy) is 1. The SMILES string of the molecule is COc1cccc(CCCCOS(C)(=O)=O)c1. The van der Waals surface area contributed by atoms with Crippen molar-refractivity contribution >= 4 is 10.1 Å². The van der Waals surface area contributed by atoms with Crippen molar-refractivity contribution in [2.45, 2.75) is 19.3 Å². The molecule has 0 aliphatic rings. The summed E-state index contributed by atoms with van der Waals surface area (Å²) in [5.74, 6) is 0.842. The molecule has 0 aliphatic heterocycles. The van der Waals surface area contributed by atoms with Crippen LogP contribution < -0.4 is 4.74 Å². The fraction of sp³-hybridized carbons (Fsp3) is 0.500. The second-order valence-corrected chi connectivity index (χ2v) is 5.48. The third-order valence-electron chi connectivity index (χ3n) is 2.29. The van der Waals surface area contributed by atoms with E-state index in [0.29, 0.717) is 0 Å². The molecule has 1 aromatic rings. The highest BCUT2D eigenvalue weighted by molar-refractivity contribution is 7.85. The molecular formula is C12H18O4S. The van der Waals surface area contributed by atoms with Gasteiger partial charge in [0.1, 0.15) is 5.75 Å². The molecule has 0 saturated carbocycles. The first-order valence-corrected chi connectivity index (χ1v) is 7.30. The summed E-state index contributed by atoms with van der Waals surface area (Å²) in [6.07, 6.45) is 3.58. The molecule has 0 bridgehead atoms. The molecule has 1 rings (SSSR count). The van der Waals surface area contributed by atoms with Crippen molar-refractivity contribution in [3.05, 3.63) is 29.8 Å². The first-order valence-electron chi connectivity index (χ1n) is 5.48. The normalized spacial score (nSPS) is 11.4. The van der Waals surface area contributed by atoms with Gasteiger partial charge < -0.3 is 4.74 Å². The van der Waals surface area contributed by atoms with Gasteiger partial charge in [-0.3, -0.25) is 4.18 Å². The zero-order valence-electron chi connectivity index (χ0n) is 10.2. The van der Waals surface area contributed by atoms with Crippen LogP contribution in [-0.2, 0) is 20.7 Å². The molecule has 0 spiro atoms. The van der Waals surface area contributed by atoms with Gasteiger partial charge in [-0.15, -0.1) is 0 Å². The van der Waals surface area contributed by atoms with E-state index in [4.69, 9.17) is 4.74 Å². The summed E-state index contributed by atoms with van der Waals surface area (Å²) < 4.78 is 31.2. The van der Waals surface area contributed by atoms with Crippen molar-refractivity contribution in [1.82, 2.24) is 0 Å². The number of aryl methyl sites for hydroxylation is 1. The highest BCUT2D eigenvalue weighted by atomic mass is 32.2. The van der Waals surface area contributed by atoms with Crippen LogP contribution in [-0.4, -0.2) is 28.4 Å². The van der Waals surface area contributed by atoms with Gasteiger partial charge in [0.2, 0.25) is 0 Å². The van der Waals surface area contributed by atoms with Crippen LogP contribution in [0.5, 0.6) is 5.75 Å². The van der Waals surface area contributed by atoms with E-state index in [1.54, 1.807) is 7.11 Å². The van der Waals surface area contributed by atoms with Crippen molar-refractivity contribution in [2.75, 3.05) is 20.0 Å². The number of hydrogen-bond donors (Lipinski definition) is 0. The highest BCUT2D eigenvalue weighted by Crippen LogP contribution is 2.14. The average Bonchev–Trinajstić information content (AvgIpc) is 2.27. The van der Waals surface area contributed by atoms with Gasteiger partial charge in [-0.1, -0.05) is 12.1 Å². The van der Waals surface area contributed by atoms with Gasteiger partial charge in [-0.25, -0.2) is 0 Å². The van der Waals surface area contributed by atoms with Crippen LogP contribution in [0.15, 0.2) is 24.3 Å². The van der Waals surface area contributed by atoms with Crippen LogP contribution in [0.25, 0.3) is 0 Å². The van der Waals surface area contributed by atoms with Crippen LogP contribution in [0.4, 0.5) is 0 Å². The molecule has 0 aromatic heterocycles. The Labute approximate surface area is 103 Å². The molecule has 96 valence electrons. The van der Waals surface area contributed by atoms with Crippen molar-refractivity contribution in [3.8, 4) is 5.75 Å². The van der Waals surface area contributed by atoms with E-state index in [1.165, 1.54) is 5.56 Å². The number of hydrogen-bond acceptors (Lipinski definition) is 4. The fourth-order valence-corrected chi connectivity index (χ4v) is 1.89. The van der Waals surface area contributed by atoms with Crippen molar-refractivity contribution in [1.29, 1.82) is 0 Å². The zero-order chi connectivity index (χ0) is 12.7. The van der Waals surface area contributed by atoms with Crippen LogP contribution in [0.1, 0.15) is 18.4 Å². The maximum absolute atomic E-state index is 10.7. The third-order valence-corrected chi connectivity index (χ3v) is 2.89. The molecule has 0 radical (unpaired) electrons. The molecule has 0 heterocycles. The Bertz CT molecular complexity index is 440. The van der Waals surface area contributed by atoms with E-state index in [2.05, 4.69) is 4.18 Å². The molecule has 0 amide bonds. The van der Waals surface area contributed by atoms with E-state index in [-0.39, 0.29) is 6.61 Å². The fourth-order valence-electron chi connectivity index (χ4n) is 1.47. The van der Waals surface area contributed by atoms with Crippen LogP contribution in [0.3, 0.4) is 0 Å². The maximum Gasteiger partial charge on any atom is 0.264 e. The lowest BCUT2D eigenvalue weighted by Gasteiger charge is -2.04. The number of benzene rings is 1. The molecule has 4 nitrogen and oxygen atoms in total. The molecule has 0 atom stereocenters. The topological polar surface area (TPSA) is 52.6 Å². The van der Waals surface area contributed by atoms with E-state index in [9.17, 15) is 8.42 Å². The van der Waals surface area contributed by atoms with Gasteiger partial charge in [0, 0.05) is 0 Å². The van der Waals surface area contributed by atoms with Crippen molar-refractivity contribution < 1.29 is 17.3 Å². The van der Waals surface area contributed by atoms with Crippen molar-refractivity contribution in [2.24, 2.45) is 0 Å². The Hall–Kier alpha value is -1.07. The molecular weight excluding hydrogens is 240 g/mol. The second-order valence-electron chi connectivity index (χ2n) is 3.83. The zero-order valence-corrected chi connectivity index (χ0v) is 11.0. The summed E-state index contributed by atoms with van der Waals surface area (Å²) >= 11 is 0. The van der Waals surface area contributed by atoms with Gasteiger partial charge in [0.05, 0.1) is 20.0 Å². The predicted molar refractivity (Wildman–Crippen MR) is 66.7 cm³/mol. The molecule has 0 N–H and O–H groups in total. The van der Waals surface area contributed by atoms with Crippen LogP contribution in [0.2, 0.25) is 0 Å². The minimum atomic E-state index is -3.30. The van der Waals surface area contributed by atoms with Crippen LogP contribution >= 0.6 is 0 Å². The minimum Gasteiger partial charge on any atom is -0.497 e. The minimum absolute atomic E-state index is 0.253. The van der Waals surface area contributed by atoms with Gasteiger partial charge >= 0.3 is 0 Å². The van der Waals surface area contributed by atoms with E-state index in [1.807, 2.05) is 24.3 Å². The van der Waals surface area contributed by atoms with Crippen LogP contribution in [0, 0.1) is 0 Å². The molecule has 0 saturated heterocycles. The Morgan fingerprint density at radius 3 is 2.65 bits per heavy atom. The molecule has 0 aliphatic carbocycles. The monoisotopic (exact) mass is 258 g/mol. The maximum atomic E-state index is 10.7. The van der Waals surface area contributed by atoms with Gasteiger partial charge in [0.25, 0.3) is 10.1 Å². The molecule has 1 aromatic carbocycles. The Morgan fingerprint density at radius 2 is 2.00 bits per heavy atom. The third kappa shape index (κ3) is 6.28. The standard InChI is InChI=1S/C12H18O4S/c1-15-12-8-5-7-11(10-12)6-3-4-9-16-17(2,13)14/h5,7-8,10H,3-4,6,9H2,1-2H3. The smallest absolute Gasteiger partial charge is 0.264 e.